The van der Waals surface area contributed by atoms with E-state index in [1.54, 1.807) is 7.05 Å². The summed E-state index contributed by atoms with van der Waals surface area (Å²) in [4.78, 5) is 36.9. The van der Waals surface area contributed by atoms with Gasteiger partial charge in [0, 0.05) is 39.8 Å². The molecule has 122 valence electrons. The van der Waals surface area contributed by atoms with Gasteiger partial charge in [0.2, 0.25) is 0 Å². The van der Waals surface area contributed by atoms with Crippen molar-refractivity contribution in [2.45, 2.75) is 26.1 Å². The summed E-state index contributed by atoms with van der Waals surface area (Å²) in [6, 6.07) is -0.782. The second-order valence-corrected chi connectivity index (χ2v) is 5.90. The Hall–Kier alpha value is -1.83. The molecule has 0 bridgehead atoms. The van der Waals surface area contributed by atoms with Gasteiger partial charge in [-0.15, -0.1) is 0 Å². The van der Waals surface area contributed by atoms with Crippen molar-refractivity contribution < 1.29 is 9.59 Å². The molecule has 0 aliphatic carbocycles. The summed E-state index contributed by atoms with van der Waals surface area (Å²) < 4.78 is 0. The van der Waals surface area contributed by atoms with Crippen LogP contribution in [-0.4, -0.2) is 96.0 Å². The predicted octanol–water partition coefficient (Wildman–Crippen LogP) is -0.808. The van der Waals surface area contributed by atoms with Gasteiger partial charge in [0.15, 0.2) is 18.2 Å². The first-order chi connectivity index (χ1) is 10.6. The summed E-state index contributed by atoms with van der Waals surface area (Å²) >= 11 is 0. The fraction of sp³-hybridized carbons (Fsp3) is 0.786. The van der Waals surface area contributed by atoms with Crippen molar-refractivity contribution >= 4 is 17.9 Å². The molecule has 3 aliphatic rings. The molecule has 2 fully saturated rings. The van der Waals surface area contributed by atoms with Crippen LogP contribution in [0.2, 0.25) is 0 Å². The number of piperazine rings is 1. The highest BCUT2D eigenvalue weighted by Crippen LogP contribution is 2.25. The van der Waals surface area contributed by atoms with Gasteiger partial charge in [0.25, 0.3) is 5.91 Å². The van der Waals surface area contributed by atoms with E-state index in [4.69, 9.17) is 4.99 Å². The maximum absolute atomic E-state index is 12.2. The first kappa shape index (κ1) is 15.1. The number of aliphatic imine (C=N–C) groups is 1. The highest BCUT2D eigenvalue weighted by Gasteiger charge is 2.49. The van der Waals surface area contributed by atoms with E-state index in [1.165, 1.54) is 4.90 Å². The summed E-state index contributed by atoms with van der Waals surface area (Å²) in [6.45, 7) is 9.76. The molecule has 3 aliphatic heterocycles. The van der Waals surface area contributed by atoms with Crippen LogP contribution < -0.4 is 5.32 Å². The smallest absolute Gasteiger partial charge is 0.325 e. The van der Waals surface area contributed by atoms with Crippen LogP contribution in [0.3, 0.4) is 0 Å². The van der Waals surface area contributed by atoms with E-state index in [0.29, 0.717) is 6.54 Å². The zero-order chi connectivity index (χ0) is 15.9. The minimum atomic E-state index is -0.416. The summed E-state index contributed by atoms with van der Waals surface area (Å²) in [5, 5.41) is 2.41. The molecule has 8 nitrogen and oxygen atoms in total. The Morgan fingerprint density at radius 3 is 2.41 bits per heavy atom. The first-order valence-corrected chi connectivity index (χ1v) is 7.96. The summed E-state index contributed by atoms with van der Waals surface area (Å²) in [5.41, 5.74) is 0. The average Bonchev–Trinajstić information content (AvgIpc) is 2.93. The Morgan fingerprint density at radius 2 is 1.82 bits per heavy atom. The Kier molecular flexibility index (Phi) is 3.94. The van der Waals surface area contributed by atoms with Crippen LogP contribution in [0.5, 0.6) is 0 Å². The fourth-order valence-corrected chi connectivity index (χ4v) is 3.38. The molecule has 2 atom stereocenters. The summed E-state index contributed by atoms with van der Waals surface area (Å²) in [7, 11) is 1.69. The Morgan fingerprint density at radius 1 is 1.14 bits per heavy atom. The van der Waals surface area contributed by atoms with Gasteiger partial charge in [0.1, 0.15) is 0 Å². The van der Waals surface area contributed by atoms with Crippen molar-refractivity contribution in [3.05, 3.63) is 0 Å². The molecule has 8 heteroatoms. The van der Waals surface area contributed by atoms with Gasteiger partial charge in [-0.2, -0.15) is 0 Å². The molecule has 0 aromatic heterocycles. The number of nitrogens with one attached hydrogen (secondary N) is 1. The molecular weight excluding hydrogens is 284 g/mol. The minimum absolute atomic E-state index is 0.249. The van der Waals surface area contributed by atoms with Crippen molar-refractivity contribution in [2.24, 2.45) is 4.99 Å². The van der Waals surface area contributed by atoms with Gasteiger partial charge >= 0.3 is 6.03 Å². The second kappa shape index (κ2) is 5.75. The maximum atomic E-state index is 12.2. The Bertz CT molecular complexity index is 500. The molecule has 0 radical (unpaired) electrons. The number of rotatable bonds is 2. The molecule has 1 N–H and O–H groups in total. The number of fused-ring (bicyclic) bond motifs is 1. The molecule has 3 heterocycles. The molecule has 2 unspecified atom stereocenters. The van der Waals surface area contributed by atoms with E-state index in [2.05, 4.69) is 22.0 Å². The SMILES string of the molecule is CCN1CCN(C2=NC3C(C(=O)NC(=O)N3C)N2CC)CC1. The van der Waals surface area contributed by atoms with E-state index in [0.717, 1.165) is 38.7 Å². The molecule has 22 heavy (non-hydrogen) atoms. The average molecular weight is 308 g/mol. The lowest BCUT2D eigenvalue weighted by atomic mass is 10.1. The Balaban J connectivity index is 1.82. The van der Waals surface area contributed by atoms with Crippen LogP contribution in [0.15, 0.2) is 4.99 Å². The number of carbonyl (C=O) groups excluding carboxylic acids is 2. The van der Waals surface area contributed by atoms with Crippen molar-refractivity contribution in [1.82, 2.24) is 24.9 Å². The van der Waals surface area contributed by atoms with Gasteiger partial charge in [-0.1, -0.05) is 6.92 Å². The number of nitrogens with zero attached hydrogens (tertiary/aromatic N) is 5. The molecule has 3 amide bonds. The van der Waals surface area contributed by atoms with E-state index < -0.39 is 12.2 Å². The number of hydrogen-bond donors (Lipinski definition) is 1. The highest BCUT2D eigenvalue weighted by molar-refractivity contribution is 6.03. The summed E-state index contributed by atoms with van der Waals surface area (Å²) in [5.74, 6) is 0.603. The number of imide groups is 1. The van der Waals surface area contributed by atoms with Crippen molar-refractivity contribution in [1.29, 1.82) is 0 Å². The van der Waals surface area contributed by atoms with Crippen molar-refractivity contribution in [3.63, 3.8) is 0 Å². The topological polar surface area (TPSA) is 71.5 Å². The van der Waals surface area contributed by atoms with Crippen molar-refractivity contribution in [3.8, 4) is 0 Å². The molecule has 0 spiro atoms. The number of amides is 3. The number of likely N-dealkylation sites (N-methyl/N-ethyl adjacent to an activating group) is 3. The zero-order valence-electron chi connectivity index (χ0n) is 13.4. The fourth-order valence-electron chi connectivity index (χ4n) is 3.38. The first-order valence-electron chi connectivity index (χ1n) is 7.96. The minimum Gasteiger partial charge on any atom is -0.340 e. The quantitative estimate of drug-likeness (QED) is 0.722. The number of guanidine groups is 1. The van der Waals surface area contributed by atoms with Gasteiger partial charge in [0.05, 0.1) is 0 Å². The number of carbonyl (C=O) groups is 2. The number of urea groups is 1. The van der Waals surface area contributed by atoms with Crippen LogP contribution in [0.4, 0.5) is 4.79 Å². The third kappa shape index (κ3) is 2.31. The monoisotopic (exact) mass is 308 g/mol. The van der Waals surface area contributed by atoms with Crippen molar-refractivity contribution in [2.75, 3.05) is 46.3 Å². The van der Waals surface area contributed by atoms with E-state index >= 15 is 0 Å². The molecule has 0 aromatic rings. The van der Waals surface area contributed by atoms with Crippen LogP contribution in [-0.2, 0) is 4.79 Å². The van der Waals surface area contributed by atoms with Crippen LogP contribution in [0.25, 0.3) is 0 Å². The lowest BCUT2D eigenvalue weighted by molar-refractivity contribution is -0.127. The Labute approximate surface area is 130 Å². The molecule has 0 saturated carbocycles. The van der Waals surface area contributed by atoms with Gasteiger partial charge in [-0.25, -0.2) is 9.79 Å². The second-order valence-electron chi connectivity index (χ2n) is 5.90. The van der Waals surface area contributed by atoms with E-state index in [9.17, 15) is 9.59 Å². The third-order valence-corrected chi connectivity index (χ3v) is 4.78. The zero-order valence-corrected chi connectivity index (χ0v) is 13.4. The highest BCUT2D eigenvalue weighted by atomic mass is 16.2. The number of hydrogen-bond acceptors (Lipinski definition) is 6. The lowest BCUT2D eigenvalue weighted by Crippen LogP contribution is -2.64. The van der Waals surface area contributed by atoms with E-state index in [-0.39, 0.29) is 11.9 Å². The largest absolute Gasteiger partial charge is 0.340 e. The molecule has 3 rings (SSSR count). The normalized spacial score (nSPS) is 29.6. The van der Waals surface area contributed by atoms with E-state index in [1.807, 2.05) is 11.8 Å². The maximum Gasteiger partial charge on any atom is 0.325 e. The third-order valence-electron chi connectivity index (χ3n) is 4.78. The van der Waals surface area contributed by atoms with Gasteiger partial charge in [-0.3, -0.25) is 10.1 Å². The predicted molar refractivity (Wildman–Crippen MR) is 82.4 cm³/mol. The molecular formula is C14H24N6O2. The van der Waals surface area contributed by atoms with Gasteiger partial charge in [-0.05, 0) is 13.5 Å². The van der Waals surface area contributed by atoms with Crippen LogP contribution >= 0.6 is 0 Å². The summed E-state index contributed by atoms with van der Waals surface area (Å²) in [6.07, 6.45) is -0.416. The van der Waals surface area contributed by atoms with Crippen LogP contribution in [0, 0.1) is 0 Å². The molecule has 0 aromatic carbocycles. The van der Waals surface area contributed by atoms with Gasteiger partial charge < -0.3 is 19.6 Å². The van der Waals surface area contributed by atoms with Crippen LogP contribution in [0.1, 0.15) is 13.8 Å². The molecule has 2 saturated heterocycles. The standard InChI is InChI=1S/C14H24N6O2/c1-4-18-6-8-19(9-7-18)13-15-11-10(20(13)5-2)12(21)16-14(22)17(11)3/h10-11H,4-9H2,1-3H3,(H,16,21,22). The lowest BCUT2D eigenvalue weighted by Gasteiger charge is -2.39.